The molecule has 8 nitrogen and oxygen atoms in total. The van der Waals surface area contributed by atoms with Gasteiger partial charge < -0.3 is 19.6 Å². The Morgan fingerprint density at radius 2 is 1.90 bits per heavy atom. The zero-order chi connectivity index (χ0) is 20.8. The van der Waals surface area contributed by atoms with E-state index in [4.69, 9.17) is 4.52 Å². The van der Waals surface area contributed by atoms with E-state index in [9.17, 15) is 4.39 Å². The number of anilines is 1. The van der Waals surface area contributed by atoms with Crippen molar-refractivity contribution in [1.82, 2.24) is 25.3 Å². The molecule has 0 saturated carbocycles. The molecule has 31 heavy (non-hydrogen) atoms. The van der Waals surface area contributed by atoms with Crippen molar-refractivity contribution in [2.75, 3.05) is 44.7 Å². The Morgan fingerprint density at radius 1 is 1.13 bits per heavy atom. The molecule has 10 heteroatoms. The second kappa shape index (κ2) is 11.0. The number of pyridine rings is 1. The fourth-order valence-electron chi connectivity index (χ4n) is 3.43. The number of halogens is 2. The molecule has 1 fully saturated rings. The smallest absolute Gasteiger partial charge is 0.276 e. The average molecular weight is 537 g/mol. The van der Waals surface area contributed by atoms with Gasteiger partial charge in [0.25, 0.3) is 5.89 Å². The minimum Gasteiger partial charge on any atom is -0.366 e. The van der Waals surface area contributed by atoms with Gasteiger partial charge in [0.05, 0.1) is 5.69 Å². The number of hydrogen-bond donors (Lipinski definition) is 1. The van der Waals surface area contributed by atoms with E-state index in [-0.39, 0.29) is 29.8 Å². The number of aliphatic imine (C=N–C) groups is 1. The summed E-state index contributed by atoms with van der Waals surface area (Å²) in [6, 6.07) is 12.4. The van der Waals surface area contributed by atoms with Crippen LogP contribution in [0.5, 0.6) is 0 Å². The molecule has 1 saturated heterocycles. The van der Waals surface area contributed by atoms with Crippen molar-refractivity contribution in [3.05, 3.63) is 60.3 Å². The summed E-state index contributed by atoms with van der Waals surface area (Å²) in [5, 5.41) is 7.37. The molecule has 2 aromatic heterocycles. The Morgan fingerprint density at radius 3 is 2.61 bits per heavy atom. The topological polar surface area (TPSA) is 82.7 Å². The molecule has 164 valence electrons. The fraction of sp³-hybridized carbons (Fsp3) is 0.333. The highest BCUT2D eigenvalue weighted by Crippen LogP contribution is 2.20. The van der Waals surface area contributed by atoms with E-state index in [1.165, 1.54) is 6.07 Å². The molecule has 0 bridgehead atoms. The van der Waals surface area contributed by atoms with E-state index < -0.39 is 0 Å². The third kappa shape index (κ3) is 5.69. The summed E-state index contributed by atoms with van der Waals surface area (Å²) in [4.78, 5) is 17.2. The van der Waals surface area contributed by atoms with Gasteiger partial charge in [0, 0.05) is 52.4 Å². The van der Waals surface area contributed by atoms with Crippen molar-refractivity contribution in [3.8, 4) is 11.6 Å². The number of hydrogen-bond acceptors (Lipinski definition) is 6. The molecule has 0 spiro atoms. The summed E-state index contributed by atoms with van der Waals surface area (Å²) < 4.78 is 19.3. The zero-order valence-electron chi connectivity index (χ0n) is 17.2. The Kier molecular flexibility index (Phi) is 8.15. The van der Waals surface area contributed by atoms with Crippen LogP contribution in [0.25, 0.3) is 11.6 Å². The zero-order valence-corrected chi connectivity index (χ0v) is 19.6. The number of benzene rings is 1. The standard InChI is InChI=1S/C21H24FN7O.HI/c1-23-21(29-14-12-28(13-15-29)18-8-3-2-6-16(18)22)25-11-9-19-26-20(30-27-19)17-7-4-5-10-24-17;/h2-8,10H,9,11-15H2,1H3,(H,23,25);1H. The first-order chi connectivity index (χ1) is 14.7. The fourth-order valence-corrected chi connectivity index (χ4v) is 3.43. The van der Waals surface area contributed by atoms with Crippen LogP contribution in [0.1, 0.15) is 5.82 Å². The van der Waals surface area contributed by atoms with Gasteiger partial charge in [-0.2, -0.15) is 4.98 Å². The summed E-state index contributed by atoms with van der Waals surface area (Å²) >= 11 is 0. The first-order valence-corrected chi connectivity index (χ1v) is 9.93. The minimum absolute atomic E-state index is 0. The molecule has 1 N–H and O–H groups in total. The summed E-state index contributed by atoms with van der Waals surface area (Å²) in [6.07, 6.45) is 2.29. The summed E-state index contributed by atoms with van der Waals surface area (Å²) in [5.74, 6) is 1.66. The van der Waals surface area contributed by atoms with Crippen molar-refractivity contribution >= 4 is 35.6 Å². The van der Waals surface area contributed by atoms with Gasteiger partial charge in [-0.1, -0.05) is 23.4 Å². The van der Waals surface area contributed by atoms with Gasteiger partial charge in [-0.3, -0.25) is 9.98 Å². The second-order valence-electron chi connectivity index (χ2n) is 6.88. The van der Waals surface area contributed by atoms with E-state index in [1.807, 2.05) is 30.3 Å². The second-order valence-corrected chi connectivity index (χ2v) is 6.88. The third-order valence-electron chi connectivity index (χ3n) is 4.97. The maximum atomic E-state index is 14.0. The quantitative estimate of drug-likeness (QED) is 0.305. The number of para-hydroxylation sites is 1. The SMILES string of the molecule is CN=C(NCCc1noc(-c2ccccn2)n1)N1CCN(c2ccccc2F)CC1.I. The van der Waals surface area contributed by atoms with Crippen LogP contribution in [0, 0.1) is 5.82 Å². The van der Waals surface area contributed by atoms with E-state index in [1.54, 1.807) is 19.3 Å². The minimum atomic E-state index is -0.182. The molecule has 4 rings (SSSR count). The normalized spacial score (nSPS) is 14.3. The van der Waals surface area contributed by atoms with Crippen LogP contribution in [0.3, 0.4) is 0 Å². The lowest BCUT2D eigenvalue weighted by atomic mass is 10.2. The first kappa shape index (κ1) is 22.9. The predicted octanol–water partition coefficient (Wildman–Crippen LogP) is 2.83. The van der Waals surface area contributed by atoms with Crippen molar-refractivity contribution in [1.29, 1.82) is 0 Å². The highest BCUT2D eigenvalue weighted by molar-refractivity contribution is 14.0. The number of piperazine rings is 1. The number of nitrogens with one attached hydrogen (secondary N) is 1. The maximum absolute atomic E-state index is 14.0. The van der Waals surface area contributed by atoms with Gasteiger partial charge in [-0.05, 0) is 24.3 Å². The van der Waals surface area contributed by atoms with E-state index in [2.05, 4.69) is 35.2 Å². The monoisotopic (exact) mass is 537 g/mol. The Labute approximate surface area is 197 Å². The van der Waals surface area contributed by atoms with Crippen LogP contribution >= 0.6 is 24.0 Å². The van der Waals surface area contributed by atoms with Gasteiger partial charge in [0.2, 0.25) is 0 Å². The number of aromatic nitrogens is 3. The highest BCUT2D eigenvalue weighted by Gasteiger charge is 2.21. The van der Waals surface area contributed by atoms with E-state index in [0.29, 0.717) is 36.1 Å². The van der Waals surface area contributed by atoms with Crippen LogP contribution in [0.15, 0.2) is 58.2 Å². The van der Waals surface area contributed by atoms with Gasteiger partial charge in [-0.15, -0.1) is 24.0 Å². The molecule has 0 atom stereocenters. The van der Waals surface area contributed by atoms with Crippen LogP contribution in [0.2, 0.25) is 0 Å². The van der Waals surface area contributed by atoms with Crippen molar-refractivity contribution in [2.45, 2.75) is 6.42 Å². The summed E-state index contributed by atoms with van der Waals surface area (Å²) in [7, 11) is 1.76. The molecule has 1 aliphatic heterocycles. The van der Waals surface area contributed by atoms with E-state index in [0.717, 1.165) is 32.1 Å². The molecule has 1 aliphatic rings. The van der Waals surface area contributed by atoms with Crippen LogP contribution in [0.4, 0.5) is 10.1 Å². The number of rotatable bonds is 5. The molecular weight excluding hydrogens is 512 g/mol. The molecule has 0 aliphatic carbocycles. The summed E-state index contributed by atoms with van der Waals surface area (Å²) in [5.41, 5.74) is 1.31. The lowest BCUT2D eigenvalue weighted by molar-refractivity contribution is 0.370. The van der Waals surface area contributed by atoms with E-state index >= 15 is 0 Å². The molecule has 1 aromatic carbocycles. The molecule has 0 unspecified atom stereocenters. The van der Waals surface area contributed by atoms with Crippen molar-refractivity contribution in [2.24, 2.45) is 4.99 Å². The van der Waals surface area contributed by atoms with Crippen molar-refractivity contribution < 1.29 is 8.91 Å². The predicted molar refractivity (Wildman–Crippen MR) is 128 cm³/mol. The lowest BCUT2D eigenvalue weighted by Gasteiger charge is -2.37. The lowest BCUT2D eigenvalue weighted by Crippen LogP contribution is -2.53. The maximum Gasteiger partial charge on any atom is 0.276 e. The summed E-state index contributed by atoms with van der Waals surface area (Å²) in [6.45, 7) is 3.63. The average Bonchev–Trinajstić information content (AvgIpc) is 3.27. The van der Waals surface area contributed by atoms with Crippen LogP contribution < -0.4 is 10.2 Å². The molecule has 3 aromatic rings. The van der Waals surface area contributed by atoms with Crippen LogP contribution in [-0.4, -0.2) is 65.8 Å². The van der Waals surface area contributed by atoms with Crippen molar-refractivity contribution in [3.63, 3.8) is 0 Å². The number of nitrogens with zero attached hydrogens (tertiary/aromatic N) is 6. The highest BCUT2D eigenvalue weighted by atomic mass is 127. The van der Waals surface area contributed by atoms with Gasteiger partial charge in [0.15, 0.2) is 11.8 Å². The first-order valence-electron chi connectivity index (χ1n) is 9.93. The Bertz CT molecular complexity index is 990. The molecule has 0 amide bonds. The molecular formula is C21H25FIN7O. The number of guanidine groups is 1. The van der Waals surface area contributed by atoms with Gasteiger partial charge in [0.1, 0.15) is 11.5 Å². The third-order valence-corrected chi connectivity index (χ3v) is 4.97. The molecule has 3 heterocycles. The van der Waals surface area contributed by atoms with Gasteiger partial charge >= 0.3 is 0 Å². The molecule has 0 radical (unpaired) electrons. The van der Waals surface area contributed by atoms with Gasteiger partial charge in [-0.25, -0.2) is 4.39 Å². The Hall–Kier alpha value is -2.76. The van der Waals surface area contributed by atoms with Crippen LogP contribution in [-0.2, 0) is 6.42 Å². The largest absolute Gasteiger partial charge is 0.366 e. The Balaban J connectivity index is 0.00000272.